The summed E-state index contributed by atoms with van der Waals surface area (Å²) in [6, 6.07) is -0.875. The lowest BCUT2D eigenvalue weighted by Crippen LogP contribution is -2.66. The van der Waals surface area contributed by atoms with E-state index in [-0.39, 0.29) is 5.91 Å². The minimum atomic E-state index is -1.27. The van der Waals surface area contributed by atoms with Gasteiger partial charge in [-0.25, -0.2) is 0 Å². The summed E-state index contributed by atoms with van der Waals surface area (Å²) in [5.74, 6) is -0.382. The van der Waals surface area contributed by atoms with E-state index < -0.39 is 37.2 Å². The summed E-state index contributed by atoms with van der Waals surface area (Å²) in [6.07, 6.45) is -4.41. The normalized spacial score (nSPS) is 41.3. The van der Waals surface area contributed by atoms with Gasteiger partial charge in [-0.15, -0.1) is 0 Å². The molecule has 7 heteroatoms. The summed E-state index contributed by atoms with van der Waals surface area (Å²) >= 11 is 0. The Balaban J connectivity index is 2.70. The smallest absolute Gasteiger partial charge is 0.217 e. The number of hydrogen-bond acceptors (Lipinski definition) is 6. The Hall–Kier alpha value is -0.730. The number of aliphatic hydroxyl groups is 3. The van der Waals surface area contributed by atoms with Crippen LogP contribution in [-0.2, 0) is 9.53 Å². The molecule has 0 saturated carbocycles. The van der Waals surface area contributed by atoms with Crippen molar-refractivity contribution >= 4 is 5.91 Å². The predicted octanol–water partition coefficient (Wildman–Crippen LogP) is -3.11. The van der Waals surface area contributed by atoms with E-state index in [1.807, 2.05) is 0 Å². The van der Waals surface area contributed by atoms with Crippen LogP contribution in [0, 0.1) is 0 Å². The molecule has 1 rings (SSSR count). The average Bonchev–Trinajstić information content (AvgIpc) is 2.18. The number of ether oxygens (including phenoxy) is 1. The van der Waals surface area contributed by atoms with Crippen LogP contribution in [0.15, 0.2) is 0 Å². The number of amides is 1. The van der Waals surface area contributed by atoms with E-state index in [4.69, 9.17) is 15.6 Å². The SMILES string of the molecule is CC(=O)N[C@H]1[C@H](N)O[C@H](CO)C(O)[C@@H]1O. The quantitative estimate of drug-likeness (QED) is 0.335. The second-order valence-electron chi connectivity index (χ2n) is 3.53. The number of carbonyl (C=O) groups is 1. The van der Waals surface area contributed by atoms with Gasteiger partial charge in [0.05, 0.1) is 12.6 Å². The van der Waals surface area contributed by atoms with Gasteiger partial charge in [0.1, 0.15) is 24.5 Å². The second kappa shape index (κ2) is 4.86. The third-order valence-electron chi connectivity index (χ3n) is 2.33. The zero-order chi connectivity index (χ0) is 11.6. The van der Waals surface area contributed by atoms with Gasteiger partial charge in [0.15, 0.2) is 0 Å². The molecule has 1 amide bonds. The van der Waals surface area contributed by atoms with Gasteiger partial charge in [0, 0.05) is 6.92 Å². The fourth-order valence-corrected chi connectivity index (χ4v) is 1.55. The fourth-order valence-electron chi connectivity index (χ4n) is 1.55. The Morgan fingerprint density at radius 1 is 1.47 bits per heavy atom. The fraction of sp³-hybridized carbons (Fsp3) is 0.875. The van der Waals surface area contributed by atoms with Gasteiger partial charge in [-0.3, -0.25) is 4.79 Å². The van der Waals surface area contributed by atoms with Gasteiger partial charge in [-0.05, 0) is 0 Å². The molecular weight excluding hydrogens is 204 g/mol. The van der Waals surface area contributed by atoms with Gasteiger partial charge in [0.2, 0.25) is 5.91 Å². The van der Waals surface area contributed by atoms with E-state index in [9.17, 15) is 15.0 Å². The molecule has 1 aliphatic rings. The lowest BCUT2D eigenvalue weighted by molar-refractivity contribution is -0.193. The molecular formula is C8H16N2O5. The predicted molar refractivity (Wildman–Crippen MR) is 49.6 cm³/mol. The highest BCUT2D eigenvalue weighted by Gasteiger charge is 2.42. The van der Waals surface area contributed by atoms with E-state index in [2.05, 4.69) is 5.32 Å². The number of rotatable bonds is 2. The third-order valence-corrected chi connectivity index (χ3v) is 2.33. The molecule has 0 aromatic rings. The number of nitrogens with one attached hydrogen (secondary N) is 1. The maximum absolute atomic E-state index is 10.8. The van der Waals surface area contributed by atoms with Crippen LogP contribution in [0.25, 0.3) is 0 Å². The largest absolute Gasteiger partial charge is 0.394 e. The van der Waals surface area contributed by atoms with Crippen molar-refractivity contribution < 1.29 is 24.9 Å². The maximum atomic E-state index is 10.8. The van der Waals surface area contributed by atoms with Crippen molar-refractivity contribution in [1.29, 1.82) is 0 Å². The molecule has 0 aromatic heterocycles. The van der Waals surface area contributed by atoms with Crippen LogP contribution in [0.3, 0.4) is 0 Å². The Morgan fingerprint density at radius 3 is 2.53 bits per heavy atom. The molecule has 0 aromatic carbocycles. The van der Waals surface area contributed by atoms with E-state index in [0.29, 0.717) is 0 Å². The minimum absolute atomic E-state index is 0.382. The van der Waals surface area contributed by atoms with Crippen LogP contribution >= 0.6 is 0 Å². The first-order chi connectivity index (χ1) is 6.97. The van der Waals surface area contributed by atoms with Crippen LogP contribution in [0.2, 0.25) is 0 Å². The average molecular weight is 220 g/mol. The Morgan fingerprint density at radius 2 is 2.07 bits per heavy atom. The Bertz CT molecular complexity index is 237. The zero-order valence-electron chi connectivity index (χ0n) is 8.33. The van der Waals surface area contributed by atoms with Crippen LogP contribution in [0.1, 0.15) is 6.92 Å². The van der Waals surface area contributed by atoms with Gasteiger partial charge >= 0.3 is 0 Å². The number of aliphatic hydroxyl groups excluding tert-OH is 3. The van der Waals surface area contributed by atoms with Gasteiger partial charge in [-0.2, -0.15) is 0 Å². The molecule has 0 radical (unpaired) electrons. The topological polar surface area (TPSA) is 125 Å². The van der Waals surface area contributed by atoms with Crippen LogP contribution < -0.4 is 11.1 Å². The second-order valence-corrected chi connectivity index (χ2v) is 3.53. The number of nitrogens with two attached hydrogens (primary N) is 1. The molecule has 0 aliphatic carbocycles. The van der Waals surface area contributed by atoms with Gasteiger partial charge in [-0.1, -0.05) is 0 Å². The molecule has 5 atom stereocenters. The molecule has 88 valence electrons. The summed E-state index contributed by atoms with van der Waals surface area (Å²) in [5.41, 5.74) is 5.53. The summed E-state index contributed by atoms with van der Waals surface area (Å²) < 4.78 is 5.03. The molecule has 0 bridgehead atoms. The van der Waals surface area contributed by atoms with Crippen molar-refractivity contribution in [3.8, 4) is 0 Å². The molecule has 6 N–H and O–H groups in total. The molecule has 7 nitrogen and oxygen atoms in total. The van der Waals surface area contributed by atoms with E-state index in [1.54, 1.807) is 0 Å². The van der Waals surface area contributed by atoms with E-state index >= 15 is 0 Å². The first kappa shape index (κ1) is 12.3. The summed E-state index contributed by atoms with van der Waals surface area (Å²) in [4.78, 5) is 10.8. The molecule has 1 unspecified atom stereocenters. The first-order valence-electron chi connectivity index (χ1n) is 4.62. The third kappa shape index (κ3) is 2.64. The molecule has 15 heavy (non-hydrogen) atoms. The van der Waals surface area contributed by atoms with Crippen molar-refractivity contribution in [3.05, 3.63) is 0 Å². The Kier molecular flexibility index (Phi) is 4.00. The van der Waals surface area contributed by atoms with Crippen LogP contribution in [0.5, 0.6) is 0 Å². The van der Waals surface area contributed by atoms with Crippen LogP contribution in [-0.4, -0.2) is 58.4 Å². The van der Waals surface area contributed by atoms with E-state index in [0.717, 1.165) is 0 Å². The van der Waals surface area contributed by atoms with Crippen molar-refractivity contribution in [2.45, 2.75) is 37.5 Å². The van der Waals surface area contributed by atoms with Crippen LogP contribution in [0.4, 0.5) is 0 Å². The zero-order valence-corrected chi connectivity index (χ0v) is 8.33. The van der Waals surface area contributed by atoms with Crippen molar-refractivity contribution in [1.82, 2.24) is 5.32 Å². The monoisotopic (exact) mass is 220 g/mol. The number of carbonyl (C=O) groups excluding carboxylic acids is 1. The van der Waals surface area contributed by atoms with Crippen molar-refractivity contribution in [2.24, 2.45) is 5.73 Å². The lowest BCUT2D eigenvalue weighted by atomic mass is 9.96. The maximum Gasteiger partial charge on any atom is 0.217 e. The molecule has 1 fully saturated rings. The lowest BCUT2D eigenvalue weighted by Gasteiger charge is -2.40. The van der Waals surface area contributed by atoms with Gasteiger partial charge < -0.3 is 31.1 Å². The molecule has 1 saturated heterocycles. The summed E-state index contributed by atoms with van der Waals surface area (Å²) in [7, 11) is 0. The van der Waals surface area contributed by atoms with Gasteiger partial charge in [0.25, 0.3) is 0 Å². The summed E-state index contributed by atoms with van der Waals surface area (Å²) in [5, 5.41) is 30.3. The summed E-state index contributed by atoms with van der Waals surface area (Å²) in [6.45, 7) is 0.822. The van der Waals surface area contributed by atoms with Crippen molar-refractivity contribution in [3.63, 3.8) is 0 Å². The minimum Gasteiger partial charge on any atom is -0.394 e. The highest BCUT2D eigenvalue weighted by molar-refractivity contribution is 5.73. The molecule has 0 spiro atoms. The molecule has 1 heterocycles. The Labute approximate surface area is 86.8 Å². The van der Waals surface area contributed by atoms with E-state index in [1.165, 1.54) is 6.92 Å². The highest BCUT2D eigenvalue weighted by Crippen LogP contribution is 2.18. The first-order valence-corrected chi connectivity index (χ1v) is 4.62. The number of hydrogen-bond donors (Lipinski definition) is 5. The standard InChI is InChI=1S/C8H16N2O5/c1-3(12)10-5-7(14)6(13)4(2-11)15-8(5)9/h4-8,11,13-14H,2,9H2,1H3,(H,10,12)/t4-,5-,6?,7-,8-/m1/s1. The molecule has 1 aliphatic heterocycles. The van der Waals surface area contributed by atoms with Crippen molar-refractivity contribution in [2.75, 3.05) is 6.61 Å². The highest BCUT2D eigenvalue weighted by atomic mass is 16.5.